The number of benzene rings is 6. The topological polar surface area (TPSA) is 48.5 Å². The van der Waals surface area contributed by atoms with Crippen LogP contribution in [-0.4, -0.2) is 24.1 Å². The number of nitrogens with zero attached hydrogens (tertiary/aromatic N) is 5. The van der Waals surface area contributed by atoms with Gasteiger partial charge in [0.25, 0.3) is 0 Å². The van der Waals surface area contributed by atoms with E-state index in [9.17, 15) is 0 Å². The van der Waals surface area contributed by atoms with Crippen LogP contribution in [0.5, 0.6) is 0 Å². The van der Waals surface area contributed by atoms with Crippen LogP contribution in [0.3, 0.4) is 0 Å². The van der Waals surface area contributed by atoms with Crippen molar-refractivity contribution in [3.63, 3.8) is 0 Å². The Balaban J connectivity index is 1.18. The Kier molecular flexibility index (Phi) is 7.58. The maximum absolute atomic E-state index is 5.23. The summed E-state index contributed by atoms with van der Waals surface area (Å²) in [5.74, 6) is 2.11. The second-order valence-corrected chi connectivity index (χ2v) is 15.6. The van der Waals surface area contributed by atoms with E-state index in [1.807, 2.05) is 18.2 Å². The van der Waals surface area contributed by atoms with Gasteiger partial charge in [-0.15, -0.1) is 0 Å². The smallest absolute Gasteiger partial charge is 0.238 e. The molecule has 1 aliphatic rings. The van der Waals surface area contributed by atoms with Crippen molar-refractivity contribution in [3.8, 4) is 34.2 Å². The zero-order chi connectivity index (χ0) is 36.4. The zero-order valence-electron chi connectivity index (χ0n) is 30.9. The molecule has 9 aromatic rings. The number of rotatable bonds is 5. The van der Waals surface area contributed by atoms with Crippen LogP contribution < -0.4 is 0 Å². The quantitative estimate of drug-likeness (QED) is 0.180. The fraction of sp³-hybridized carbons (Fsp3) is 0.163. The summed E-state index contributed by atoms with van der Waals surface area (Å²) >= 11 is 0. The molecule has 5 heteroatoms. The predicted octanol–water partition coefficient (Wildman–Crippen LogP) is 12.7. The minimum absolute atomic E-state index is 0.0901. The SMILES string of the molecule is CC(C)(C)c1ccc(-n2c3ccccc3c3ccc(-c4ccc5c6ccccc6n(-c6nc(C7=CCCCC7)nc(-c7ccccc7)n6)c5c4)cc32)cc1. The van der Waals surface area contributed by atoms with Gasteiger partial charge in [0.15, 0.2) is 11.6 Å². The van der Waals surface area contributed by atoms with Gasteiger partial charge in [-0.1, -0.05) is 130 Å². The Morgan fingerprint density at radius 1 is 0.481 bits per heavy atom. The van der Waals surface area contributed by atoms with Crippen molar-refractivity contribution in [3.05, 3.63) is 157 Å². The van der Waals surface area contributed by atoms with Gasteiger partial charge in [0.1, 0.15) is 0 Å². The summed E-state index contributed by atoms with van der Waals surface area (Å²) in [5, 5.41) is 4.84. The van der Waals surface area contributed by atoms with Crippen molar-refractivity contribution in [1.29, 1.82) is 0 Å². The highest BCUT2D eigenvalue weighted by Crippen LogP contribution is 2.38. The van der Waals surface area contributed by atoms with E-state index in [1.165, 1.54) is 50.1 Å². The molecule has 0 fully saturated rings. The first-order valence-electron chi connectivity index (χ1n) is 19.1. The third-order valence-corrected chi connectivity index (χ3v) is 11.1. The first-order valence-corrected chi connectivity index (χ1v) is 19.1. The molecule has 6 aromatic carbocycles. The number of fused-ring (bicyclic) bond motifs is 6. The molecule has 0 radical (unpaired) electrons. The monoisotopic (exact) mass is 699 g/mol. The van der Waals surface area contributed by atoms with Gasteiger partial charge in [-0.05, 0) is 89.8 Å². The van der Waals surface area contributed by atoms with Crippen molar-refractivity contribution in [2.75, 3.05) is 0 Å². The second kappa shape index (κ2) is 12.7. The van der Waals surface area contributed by atoms with E-state index in [1.54, 1.807) is 0 Å². The summed E-state index contributed by atoms with van der Waals surface area (Å²) in [7, 11) is 0. The molecule has 0 amide bonds. The molecule has 1 aliphatic carbocycles. The lowest BCUT2D eigenvalue weighted by molar-refractivity contribution is 0.590. The van der Waals surface area contributed by atoms with Gasteiger partial charge in [0.2, 0.25) is 5.95 Å². The minimum atomic E-state index is 0.0901. The molecule has 0 bridgehead atoms. The first-order chi connectivity index (χ1) is 26.4. The van der Waals surface area contributed by atoms with E-state index in [0.717, 1.165) is 58.5 Å². The van der Waals surface area contributed by atoms with Gasteiger partial charge in [-0.2, -0.15) is 9.97 Å². The van der Waals surface area contributed by atoms with Gasteiger partial charge < -0.3 is 4.57 Å². The van der Waals surface area contributed by atoms with Crippen LogP contribution in [0.15, 0.2) is 146 Å². The minimum Gasteiger partial charge on any atom is -0.309 e. The van der Waals surface area contributed by atoms with Crippen molar-refractivity contribution in [2.45, 2.75) is 51.9 Å². The number of aromatic nitrogens is 5. The fourth-order valence-corrected chi connectivity index (χ4v) is 8.27. The Morgan fingerprint density at radius 2 is 1.06 bits per heavy atom. The van der Waals surface area contributed by atoms with Crippen LogP contribution in [0, 0.1) is 0 Å². The molecular formula is C49H41N5. The fourth-order valence-electron chi connectivity index (χ4n) is 8.27. The molecule has 10 rings (SSSR count). The van der Waals surface area contributed by atoms with Crippen molar-refractivity contribution in [1.82, 2.24) is 24.1 Å². The third kappa shape index (κ3) is 5.42. The van der Waals surface area contributed by atoms with Crippen LogP contribution in [0.1, 0.15) is 57.8 Å². The van der Waals surface area contributed by atoms with Gasteiger partial charge in [-0.25, -0.2) is 4.98 Å². The Bertz CT molecular complexity index is 2900. The van der Waals surface area contributed by atoms with Crippen molar-refractivity contribution in [2.24, 2.45) is 0 Å². The summed E-state index contributed by atoms with van der Waals surface area (Å²) in [4.78, 5) is 15.5. The van der Waals surface area contributed by atoms with Crippen LogP contribution >= 0.6 is 0 Å². The lowest BCUT2D eigenvalue weighted by atomic mass is 9.87. The summed E-state index contributed by atoms with van der Waals surface area (Å²) < 4.78 is 4.65. The first kappa shape index (κ1) is 32.3. The van der Waals surface area contributed by atoms with Crippen molar-refractivity contribution < 1.29 is 0 Å². The normalized spacial score (nSPS) is 13.6. The molecule has 3 heterocycles. The van der Waals surface area contributed by atoms with E-state index in [2.05, 4.69) is 157 Å². The molecule has 0 saturated heterocycles. The van der Waals surface area contributed by atoms with Gasteiger partial charge in [0, 0.05) is 32.8 Å². The number of para-hydroxylation sites is 2. The van der Waals surface area contributed by atoms with E-state index >= 15 is 0 Å². The maximum atomic E-state index is 5.23. The number of allylic oxidation sites excluding steroid dienone is 2. The molecule has 262 valence electrons. The highest BCUT2D eigenvalue weighted by molar-refractivity contribution is 6.12. The molecule has 0 atom stereocenters. The molecule has 3 aromatic heterocycles. The molecule has 0 aliphatic heterocycles. The molecule has 0 saturated carbocycles. The lowest BCUT2D eigenvalue weighted by Gasteiger charge is -2.19. The van der Waals surface area contributed by atoms with E-state index in [4.69, 9.17) is 15.0 Å². The van der Waals surface area contributed by atoms with Crippen LogP contribution in [0.25, 0.3) is 83.3 Å². The largest absolute Gasteiger partial charge is 0.309 e. The van der Waals surface area contributed by atoms with Gasteiger partial charge >= 0.3 is 0 Å². The predicted molar refractivity (Wildman–Crippen MR) is 225 cm³/mol. The molecular weight excluding hydrogens is 659 g/mol. The zero-order valence-corrected chi connectivity index (χ0v) is 30.9. The molecule has 5 nitrogen and oxygen atoms in total. The van der Waals surface area contributed by atoms with Crippen molar-refractivity contribution >= 4 is 49.2 Å². The molecule has 0 spiro atoms. The Labute approximate surface area is 315 Å². The lowest BCUT2D eigenvalue weighted by Crippen LogP contribution is -2.10. The highest BCUT2D eigenvalue weighted by atomic mass is 15.2. The molecule has 54 heavy (non-hydrogen) atoms. The number of hydrogen-bond acceptors (Lipinski definition) is 3. The standard InChI is InChI=1S/C49H41N5/c1-49(2,3)36-24-26-37(27-25-36)53-42-20-12-10-18-38(42)40-28-22-34(30-44(40)53)35-23-29-41-39-19-11-13-21-43(39)54(45(41)31-35)48-51-46(32-14-6-4-7-15-32)50-47(52-48)33-16-8-5-9-17-33/h4,6-7,10-16,18-31H,5,8-9,17H2,1-3H3. The summed E-state index contributed by atoms with van der Waals surface area (Å²) in [6.45, 7) is 6.80. The van der Waals surface area contributed by atoms with Crippen LogP contribution in [0.4, 0.5) is 0 Å². The van der Waals surface area contributed by atoms with E-state index in [-0.39, 0.29) is 5.41 Å². The van der Waals surface area contributed by atoms with Crippen LogP contribution in [-0.2, 0) is 5.41 Å². The Morgan fingerprint density at radius 3 is 1.69 bits per heavy atom. The third-order valence-electron chi connectivity index (χ3n) is 11.1. The average Bonchev–Trinajstić information content (AvgIpc) is 3.73. The van der Waals surface area contributed by atoms with E-state index in [0.29, 0.717) is 11.8 Å². The highest BCUT2D eigenvalue weighted by Gasteiger charge is 2.21. The molecule has 0 N–H and O–H groups in total. The van der Waals surface area contributed by atoms with E-state index < -0.39 is 0 Å². The maximum Gasteiger partial charge on any atom is 0.238 e. The second-order valence-electron chi connectivity index (χ2n) is 15.6. The average molecular weight is 700 g/mol. The molecule has 0 unspecified atom stereocenters. The summed E-state index contributed by atoms with van der Waals surface area (Å²) in [6, 6.07) is 50.4. The number of hydrogen-bond donors (Lipinski definition) is 0. The Hall–Kier alpha value is -6.33. The van der Waals surface area contributed by atoms with Crippen LogP contribution in [0.2, 0.25) is 0 Å². The summed E-state index contributed by atoms with van der Waals surface area (Å²) in [6.07, 6.45) is 6.71. The van der Waals surface area contributed by atoms with Gasteiger partial charge in [0.05, 0.1) is 22.1 Å². The summed E-state index contributed by atoms with van der Waals surface area (Å²) in [5.41, 5.74) is 11.6. The van der Waals surface area contributed by atoms with Gasteiger partial charge in [-0.3, -0.25) is 4.57 Å².